The Kier molecular flexibility index (Phi) is 3.11. The van der Waals surface area contributed by atoms with E-state index < -0.39 is 0 Å². The molecule has 1 amide bonds. The van der Waals surface area contributed by atoms with E-state index in [1.807, 2.05) is 31.2 Å². The lowest BCUT2D eigenvalue weighted by Gasteiger charge is -2.18. The number of nitrogens with two attached hydrogens (primary N) is 1. The minimum Gasteiger partial charge on any atom is -0.397 e. The number of rotatable bonds is 1. The molecule has 1 aliphatic rings. The van der Waals surface area contributed by atoms with Crippen molar-refractivity contribution in [2.75, 3.05) is 17.2 Å². The predicted octanol–water partition coefficient (Wildman–Crippen LogP) is 3.60. The zero-order valence-electron chi connectivity index (χ0n) is 10.4. The van der Waals surface area contributed by atoms with Gasteiger partial charge >= 0.3 is 0 Å². The van der Waals surface area contributed by atoms with E-state index >= 15 is 0 Å². The second-order valence-corrected chi connectivity index (χ2v) is 7.00. The van der Waals surface area contributed by atoms with Gasteiger partial charge in [-0.25, -0.2) is 0 Å². The minimum absolute atomic E-state index is 0.0375. The summed E-state index contributed by atoms with van der Waals surface area (Å²) in [6.45, 7) is 2.70. The SMILES string of the molecule is Cc1cc(C(=O)N2CCc3cccc(N)c32)sc1Br. The largest absolute Gasteiger partial charge is 0.397 e. The van der Waals surface area contributed by atoms with Crippen LogP contribution in [0.25, 0.3) is 0 Å². The van der Waals surface area contributed by atoms with Crippen LogP contribution >= 0.6 is 27.3 Å². The lowest BCUT2D eigenvalue weighted by Crippen LogP contribution is -2.28. The van der Waals surface area contributed by atoms with E-state index in [0.29, 0.717) is 12.2 Å². The second kappa shape index (κ2) is 4.65. The number of carbonyl (C=O) groups excluding carboxylic acids is 1. The Hall–Kier alpha value is -1.33. The van der Waals surface area contributed by atoms with E-state index in [9.17, 15) is 4.79 Å². The predicted molar refractivity (Wildman–Crippen MR) is 83.0 cm³/mol. The van der Waals surface area contributed by atoms with Crippen LogP contribution in [0.2, 0.25) is 0 Å². The summed E-state index contributed by atoms with van der Waals surface area (Å²) in [5.41, 5.74) is 9.82. The Morgan fingerprint density at radius 1 is 1.47 bits per heavy atom. The molecule has 0 fully saturated rings. The van der Waals surface area contributed by atoms with Crippen LogP contribution in [0, 0.1) is 6.92 Å². The van der Waals surface area contributed by atoms with Crippen LogP contribution in [0.15, 0.2) is 28.1 Å². The van der Waals surface area contributed by atoms with Crippen LogP contribution in [0.3, 0.4) is 0 Å². The van der Waals surface area contributed by atoms with E-state index in [1.165, 1.54) is 11.3 Å². The van der Waals surface area contributed by atoms with Gasteiger partial charge in [0.2, 0.25) is 0 Å². The molecule has 3 rings (SSSR count). The van der Waals surface area contributed by atoms with Crippen LogP contribution in [0.1, 0.15) is 20.8 Å². The Balaban J connectivity index is 2.00. The highest BCUT2D eigenvalue weighted by molar-refractivity contribution is 9.11. The van der Waals surface area contributed by atoms with Gasteiger partial charge in [-0.3, -0.25) is 4.79 Å². The molecule has 1 aliphatic heterocycles. The molecule has 1 aromatic carbocycles. The van der Waals surface area contributed by atoms with Crippen LogP contribution in [-0.4, -0.2) is 12.5 Å². The van der Waals surface area contributed by atoms with Gasteiger partial charge in [-0.1, -0.05) is 12.1 Å². The molecular weight excluding hydrogens is 324 g/mol. The third-order valence-corrected chi connectivity index (χ3v) is 5.46. The molecule has 2 N–H and O–H groups in total. The fourth-order valence-corrected chi connectivity index (χ4v) is 3.87. The highest BCUT2D eigenvalue weighted by atomic mass is 79.9. The molecule has 19 heavy (non-hydrogen) atoms. The van der Waals surface area contributed by atoms with E-state index in [4.69, 9.17) is 5.73 Å². The molecule has 3 nitrogen and oxygen atoms in total. The first kappa shape index (κ1) is 12.7. The zero-order valence-corrected chi connectivity index (χ0v) is 12.8. The fraction of sp³-hybridized carbons (Fsp3) is 0.214. The number of hydrogen-bond acceptors (Lipinski definition) is 3. The standard InChI is InChI=1S/C14H13BrN2OS/c1-8-7-11(19-13(8)15)14(18)17-6-5-9-3-2-4-10(16)12(9)17/h2-4,7H,5-6,16H2,1H3. The highest BCUT2D eigenvalue weighted by Crippen LogP contribution is 2.36. The van der Waals surface area contributed by atoms with Crippen LogP contribution in [0.5, 0.6) is 0 Å². The molecule has 2 aromatic rings. The van der Waals surface area contributed by atoms with Gasteiger partial charge in [-0.2, -0.15) is 0 Å². The highest BCUT2D eigenvalue weighted by Gasteiger charge is 2.28. The third kappa shape index (κ3) is 2.07. The van der Waals surface area contributed by atoms with Gasteiger partial charge in [0, 0.05) is 6.54 Å². The molecule has 0 saturated heterocycles. The van der Waals surface area contributed by atoms with Gasteiger partial charge < -0.3 is 10.6 Å². The van der Waals surface area contributed by atoms with Crippen molar-refractivity contribution >= 4 is 44.5 Å². The number of nitrogen functional groups attached to an aromatic ring is 1. The van der Waals surface area contributed by atoms with E-state index in [-0.39, 0.29) is 5.91 Å². The summed E-state index contributed by atoms with van der Waals surface area (Å²) in [6.07, 6.45) is 0.873. The Bertz CT molecular complexity index is 646. The van der Waals surface area contributed by atoms with Crippen LogP contribution in [0.4, 0.5) is 11.4 Å². The molecule has 0 atom stereocenters. The number of fused-ring (bicyclic) bond motifs is 1. The maximum atomic E-state index is 12.6. The summed E-state index contributed by atoms with van der Waals surface area (Å²) < 4.78 is 1.01. The number of aryl methyl sites for hydroxylation is 1. The van der Waals surface area contributed by atoms with Crippen molar-refractivity contribution in [3.8, 4) is 0 Å². The quantitative estimate of drug-likeness (QED) is 0.808. The second-order valence-electron chi connectivity index (χ2n) is 4.63. The van der Waals surface area contributed by atoms with Gasteiger partial charge in [0.25, 0.3) is 5.91 Å². The number of anilines is 2. The monoisotopic (exact) mass is 336 g/mol. The Labute approximate surface area is 124 Å². The summed E-state index contributed by atoms with van der Waals surface area (Å²) in [6, 6.07) is 7.75. The molecule has 0 unspecified atom stereocenters. The van der Waals surface area contributed by atoms with E-state index in [2.05, 4.69) is 15.9 Å². The number of nitrogens with zero attached hydrogens (tertiary/aromatic N) is 1. The molecule has 98 valence electrons. The van der Waals surface area contributed by atoms with Crippen molar-refractivity contribution in [1.82, 2.24) is 0 Å². The number of amides is 1. The average molecular weight is 337 g/mol. The van der Waals surface area contributed by atoms with Gasteiger partial charge in [-0.15, -0.1) is 11.3 Å². The first-order valence-corrected chi connectivity index (χ1v) is 7.64. The number of carbonyl (C=O) groups is 1. The molecule has 5 heteroatoms. The van der Waals surface area contributed by atoms with Gasteiger partial charge in [0.1, 0.15) is 0 Å². The van der Waals surface area contributed by atoms with Crippen molar-refractivity contribution in [1.29, 1.82) is 0 Å². The average Bonchev–Trinajstić information content (AvgIpc) is 2.94. The summed E-state index contributed by atoms with van der Waals surface area (Å²) in [4.78, 5) is 15.1. The van der Waals surface area contributed by atoms with Crippen LogP contribution < -0.4 is 10.6 Å². The first-order chi connectivity index (χ1) is 9.08. The maximum Gasteiger partial charge on any atom is 0.268 e. The Morgan fingerprint density at radius 2 is 2.26 bits per heavy atom. The van der Waals surface area contributed by atoms with Crippen molar-refractivity contribution in [2.24, 2.45) is 0 Å². The summed E-state index contributed by atoms with van der Waals surface area (Å²) >= 11 is 4.94. The number of benzene rings is 1. The lowest BCUT2D eigenvalue weighted by molar-refractivity contribution is 0.0993. The van der Waals surface area contributed by atoms with Crippen molar-refractivity contribution < 1.29 is 4.79 Å². The first-order valence-electron chi connectivity index (χ1n) is 6.03. The van der Waals surface area contributed by atoms with Crippen molar-refractivity contribution in [2.45, 2.75) is 13.3 Å². The van der Waals surface area contributed by atoms with E-state index in [0.717, 1.165) is 31.9 Å². The summed E-state index contributed by atoms with van der Waals surface area (Å²) in [5, 5.41) is 0. The summed E-state index contributed by atoms with van der Waals surface area (Å²) in [7, 11) is 0. The molecular formula is C14H13BrN2OS. The minimum atomic E-state index is 0.0375. The van der Waals surface area contributed by atoms with Gasteiger partial charge in [-0.05, 0) is 52.5 Å². The molecule has 2 heterocycles. The normalized spacial score (nSPS) is 13.7. The number of para-hydroxylation sites is 1. The molecule has 0 saturated carbocycles. The third-order valence-electron chi connectivity index (χ3n) is 3.34. The smallest absolute Gasteiger partial charge is 0.268 e. The number of thiophene rings is 1. The lowest BCUT2D eigenvalue weighted by atomic mass is 10.1. The molecule has 1 aromatic heterocycles. The summed E-state index contributed by atoms with van der Waals surface area (Å²) in [5.74, 6) is 0.0375. The van der Waals surface area contributed by atoms with Gasteiger partial charge in [0.05, 0.1) is 20.0 Å². The topological polar surface area (TPSA) is 46.3 Å². The Morgan fingerprint density at radius 3 is 2.95 bits per heavy atom. The number of hydrogen-bond donors (Lipinski definition) is 1. The molecule has 0 bridgehead atoms. The van der Waals surface area contributed by atoms with Crippen LogP contribution in [-0.2, 0) is 6.42 Å². The van der Waals surface area contributed by atoms with Crippen molar-refractivity contribution in [3.63, 3.8) is 0 Å². The molecule has 0 spiro atoms. The molecule has 0 aliphatic carbocycles. The molecule has 0 radical (unpaired) electrons. The maximum absolute atomic E-state index is 12.6. The van der Waals surface area contributed by atoms with Crippen molar-refractivity contribution in [3.05, 3.63) is 44.1 Å². The zero-order chi connectivity index (χ0) is 13.6. The fourth-order valence-electron chi connectivity index (χ4n) is 2.39. The van der Waals surface area contributed by atoms with Gasteiger partial charge in [0.15, 0.2) is 0 Å². The number of halogens is 1. The van der Waals surface area contributed by atoms with E-state index in [1.54, 1.807) is 4.90 Å².